The molecule has 11 heavy (non-hydrogen) atoms. The molecule has 0 amide bonds. The van der Waals surface area contributed by atoms with Crippen LogP contribution in [-0.4, -0.2) is 0 Å². The molecule has 0 unspecified atom stereocenters. The summed E-state index contributed by atoms with van der Waals surface area (Å²) in [6.45, 7) is 1.71. The predicted molar refractivity (Wildman–Crippen MR) is 46.2 cm³/mol. The van der Waals surface area contributed by atoms with Gasteiger partial charge in [-0.2, -0.15) is 0 Å². The topological polar surface area (TPSA) is 0 Å². The molecule has 0 saturated carbocycles. The summed E-state index contributed by atoms with van der Waals surface area (Å²) >= 11 is 3.89. The van der Waals surface area contributed by atoms with Gasteiger partial charge in [0.25, 0.3) is 0 Å². The van der Waals surface area contributed by atoms with Gasteiger partial charge in [-0.3, -0.25) is 0 Å². The second-order valence-corrected chi connectivity index (χ2v) is 2.52. The highest BCUT2D eigenvalue weighted by molar-refractivity contribution is 7.80. The molecule has 0 saturated heterocycles. The summed E-state index contributed by atoms with van der Waals surface area (Å²) in [4.78, 5) is 0.353. The molecule has 0 bridgehead atoms. The Kier molecular flexibility index (Phi) is 2.56. The van der Waals surface area contributed by atoms with E-state index in [1.165, 1.54) is 6.07 Å². The van der Waals surface area contributed by atoms with Crippen LogP contribution in [0.1, 0.15) is 12.5 Å². The van der Waals surface area contributed by atoms with Crippen LogP contribution in [0.4, 0.5) is 4.39 Å². The second kappa shape index (κ2) is 3.45. The van der Waals surface area contributed by atoms with Gasteiger partial charge in [-0.25, -0.2) is 4.39 Å². The third-order valence-electron chi connectivity index (χ3n) is 1.22. The maximum Gasteiger partial charge on any atom is 0.137 e. The minimum atomic E-state index is -0.325. The van der Waals surface area contributed by atoms with Crippen LogP contribution in [0.2, 0.25) is 0 Å². The lowest BCUT2D eigenvalue weighted by Crippen LogP contribution is -1.79. The Bertz CT molecular complexity index is 320. The summed E-state index contributed by atoms with van der Waals surface area (Å²) in [7, 11) is 0. The van der Waals surface area contributed by atoms with Crippen molar-refractivity contribution in [2.24, 2.45) is 0 Å². The molecule has 0 aliphatic carbocycles. The second-order valence-electron chi connectivity index (χ2n) is 2.04. The monoisotopic (exact) mass is 166 g/mol. The molecule has 0 aliphatic rings. The lowest BCUT2D eigenvalue weighted by molar-refractivity contribution is 0.602. The standard InChI is InChI=1S/C9H7FS/c1-2-3-7-4-5-9(11)8(10)6-7/h4-6,11H,1H3. The Labute approximate surface area is 70.8 Å². The van der Waals surface area contributed by atoms with Crippen LogP contribution in [0, 0.1) is 17.7 Å². The molecule has 0 heterocycles. The fourth-order valence-electron chi connectivity index (χ4n) is 0.729. The normalized spacial score (nSPS) is 8.64. The summed E-state index contributed by atoms with van der Waals surface area (Å²) in [5.41, 5.74) is 0.683. The minimum absolute atomic E-state index is 0.325. The minimum Gasteiger partial charge on any atom is -0.206 e. The van der Waals surface area contributed by atoms with E-state index < -0.39 is 0 Å². The summed E-state index contributed by atoms with van der Waals surface area (Å²) < 4.78 is 12.8. The van der Waals surface area contributed by atoms with Gasteiger partial charge in [0.15, 0.2) is 0 Å². The SMILES string of the molecule is CC#Cc1ccc(S)c(F)c1. The van der Waals surface area contributed by atoms with Gasteiger partial charge < -0.3 is 0 Å². The third kappa shape index (κ3) is 1.99. The van der Waals surface area contributed by atoms with Crippen molar-refractivity contribution in [2.75, 3.05) is 0 Å². The number of hydrogen-bond acceptors (Lipinski definition) is 1. The lowest BCUT2D eigenvalue weighted by Gasteiger charge is -1.93. The smallest absolute Gasteiger partial charge is 0.137 e. The van der Waals surface area contributed by atoms with Gasteiger partial charge in [-0.05, 0) is 25.1 Å². The number of thiol groups is 1. The first-order valence-corrected chi connectivity index (χ1v) is 3.60. The molecule has 0 nitrogen and oxygen atoms in total. The van der Waals surface area contributed by atoms with Crippen LogP contribution in [0.5, 0.6) is 0 Å². The highest BCUT2D eigenvalue weighted by Gasteiger charge is 1.96. The lowest BCUT2D eigenvalue weighted by atomic mass is 10.2. The van der Waals surface area contributed by atoms with Gasteiger partial charge in [0.1, 0.15) is 5.82 Å². The van der Waals surface area contributed by atoms with Crippen molar-refractivity contribution >= 4 is 12.6 Å². The van der Waals surface area contributed by atoms with Gasteiger partial charge in [0, 0.05) is 10.5 Å². The molecule has 1 rings (SSSR count). The Morgan fingerprint density at radius 3 is 2.73 bits per heavy atom. The Morgan fingerprint density at radius 2 is 2.18 bits per heavy atom. The summed E-state index contributed by atoms with van der Waals surface area (Å²) in [6, 6.07) is 4.71. The Hall–Kier alpha value is -0.940. The quantitative estimate of drug-likeness (QED) is 0.444. The fraction of sp³-hybridized carbons (Fsp3) is 0.111. The highest BCUT2D eigenvalue weighted by atomic mass is 32.1. The van der Waals surface area contributed by atoms with Gasteiger partial charge in [-0.15, -0.1) is 18.5 Å². The molecule has 0 aliphatic heterocycles. The maximum absolute atomic E-state index is 12.8. The fourth-order valence-corrected chi connectivity index (χ4v) is 0.868. The van der Waals surface area contributed by atoms with Crippen molar-refractivity contribution in [1.29, 1.82) is 0 Å². The largest absolute Gasteiger partial charge is 0.206 e. The van der Waals surface area contributed by atoms with Crippen molar-refractivity contribution in [1.82, 2.24) is 0 Å². The first-order valence-electron chi connectivity index (χ1n) is 3.15. The van der Waals surface area contributed by atoms with Crippen LogP contribution in [-0.2, 0) is 0 Å². The van der Waals surface area contributed by atoms with Crippen LogP contribution in [0.15, 0.2) is 23.1 Å². The summed E-state index contributed by atoms with van der Waals surface area (Å²) in [6.07, 6.45) is 0. The van der Waals surface area contributed by atoms with Crippen LogP contribution >= 0.6 is 12.6 Å². The molecular weight excluding hydrogens is 159 g/mol. The van der Waals surface area contributed by atoms with E-state index in [4.69, 9.17) is 0 Å². The molecule has 2 heteroatoms. The van der Waals surface area contributed by atoms with Crippen molar-refractivity contribution in [3.8, 4) is 11.8 Å². The molecule has 0 spiro atoms. The predicted octanol–water partition coefficient (Wildman–Crippen LogP) is 2.49. The number of hydrogen-bond donors (Lipinski definition) is 1. The molecule has 1 aromatic rings. The Balaban J connectivity index is 3.12. The van der Waals surface area contributed by atoms with Gasteiger partial charge in [0.05, 0.1) is 0 Å². The molecule has 1 aromatic carbocycles. The van der Waals surface area contributed by atoms with E-state index >= 15 is 0 Å². The average Bonchev–Trinajstić information content (AvgIpc) is 1.98. The zero-order chi connectivity index (χ0) is 8.27. The zero-order valence-electron chi connectivity index (χ0n) is 6.06. The zero-order valence-corrected chi connectivity index (χ0v) is 6.95. The average molecular weight is 166 g/mol. The van der Waals surface area contributed by atoms with E-state index in [0.717, 1.165) is 0 Å². The third-order valence-corrected chi connectivity index (χ3v) is 1.58. The van der Waals surface area contributed by atoms with Gasteiger partial charge in [-0.1, -0.05) is 5.92 Å². The van der Waals surface area contributed by atoms with Crippen molar-refractivity contribution in [3.63, 3.8) is 0 Å². The molecule has 0 fully saturated rings. The van der Waals surface area contributed by atoms with Crippen LogP contribution < -0.4 is 0 Å². The van der Waals surface area contributed by atoms with E-state index in [1.54, 1.807) is 19.1 Å². The summed E-state index contributed by atoms with van der Waals surface area (Å²) in [5.74, 6) is 5.12. The van der Waals surface area contributed by atoms with E-state index in [0.29, 0.717) is 10.5 Å². The van der Waals surface area contributed by atoms with Gasteiger partial charge >= 0.3 is 0 Å². The van der Waals surface area contributed by atoms with E-state index in [9.17, 15) is 4.39 Å². The summed E-state index contributed by atoms with van der Waals surface area (Å²) in [5, 5.41) is 0. The first kappa shape index (κ1) is 8.16. The van der Waals surface area contributed by atoms with E-state index in [2.05, 4.69) is 24.5 Å². The van der Waals surface area contributed by atoms with E-state index in [1.807, 2.05) is 0 Å². The highest BCUT2D eigenvalue weighted by Crippen LogP contribution is 2.12. The first-order chi connectivity index (χ1) is 5.24. The van der Waals surface area contributed by atoms with Crippen molar-refractivity contribution < 1.29 is 4.39 Å². The van der Waals surface area contributed by atoms with Crippen molar-refractivity contribution in [3.05, 3.63) is 29.6 Å². The van der Waals surface area contributed by atoms with Crippen LogP contribution in [0.3, 0.4) is 0 Å². The maximum atomic E-state index is 12.8. The van der Waals surface area contributed by atoms with Gasteiger partial charge in [0.2, 0.25) is 0 Å². The molecule has 0 atom stereocenters. The van der Waals surface area contributed by atoms with E-state index in [-0.39, 0.29) is 5.82 Å². The number of halogens is 1. The molecule has 56 valence electrons. The van der Waals surface area contributed by atoms with Crippen molar-refractivity contribution in [2.45, 2.75) is 11.8 Å². The number of benzene rings is 1. The van der Waals surface area contributed by atoms with Crippen LogP contribution in [0.25, 0.3) is 0 Å². The molecule has 0 aromatic heterocycles. The molecule has 0 N–H and O–H groups in total. The molecular formula is C9H7FS. The number of rotatable bonds is 0. The molecule has 0 radical (unpaired) electrons. The Morgan fingerprint density at radius 1 is 1.45 bits per heavy atom.